The van der Waals surface area contributed by atoms with E-state index in [9.17, 15) is 13.2 Å². The first-order chi connectivity index (χ1) is 11.9. The maximum Gasteiger partial charge on any atom is 0.257 e. The van der Waals surface area contributed by atoms with Gasteiger partial charge in [0.1, 0.15) is 5.75 Å². The van der Waals surface area contributed by atoms with Gasteiger partial charge in [0.25, 0.3) is 5.91 Å². The zero-order valence-corrected chi connectivity index (χ0v) is 14.9. The summed E-state index contributed by atoms with van der Waals surface area (Å²) in [5, 5.41) is 7.82. The Hall–Kier alpha value is -2.38. The van der Waals surface area contributed by atoms with Crippen molar-refractivity contribution in [2.24, 2.45) is 5.14 Å². The average molecular weight is 362 g/mol. The first kappa shape index (κ1) is 19.0. The highest BCUT2D eigenvalue weighted by Crippen LogP contribution is 2.13. The molecule has 0 saturated heterocycles. The van der Waals surface area contributed by atoms with Crippen LogP contribution in [0.2, 0.25) is 0 Å². The Labute approximate surface area is 148 Å². The summed E-state index contributed by atoms with van der Waals surface area (Å²) in [6, 6.07) is 13.9. The van der Waals surface area contributed by atoms with Crippen LogP contribution in [-0.4, -0.2) is 27.5 Å². The van der Waals surface area contributed by atoms with E-state index >= 15 is 0 Å². The number of amides is 1. The van der Waals surface area contributed by atoms with Crippen molar-refractivity contribution in [1.29, 1.82) is 0 Å². The van der Waals surface area contributed by atoms with Gasteiger partial charge in [-0.1, -0.05) is 31.2 Å². The fourth-order valence-electron chi connectivity index (χ4n) is 2.25. The minimum atomic E-state index is -3.68. The highest BCUT2D eigenvalue weighted by Gasteiger charge is 2.07. The number of hydrogen-bond acceptors (Lipinski definition) is 4. The smallest absolute Gasteiger partial charge is 0.257 e. The molecule has 3 N–H and O–H groups in total. The van der Waals surface area contributed by atoms with E-state index in [4.69, 9.17) is 9.88 Å². The Balaban J connectivity index is 1.75. The van der Waals surface area contributed by atoms with Crippen LogP contribution in [0.25, 0.3) is 0 Å². The fraction of sp³-hybridized carbons (Fsp3) is 0.278. The van der Waals surface area contributed by atoms with E-state index in [0.29, 0.717) is 18.7 Å². The van der Waals surface area contributed by atoms with Gasteiger partial charge in [-0.25, -0.2) is 13.6 Å². The number of carbonyl (C=O) groups is 1. The van der Waals surface area contributed by atoms with Gasteiger partial charge in [0.2, 0.25) is 10.0 Å². The second-order valence-electron chi connectivity index (χ2n) is 5.58. The average Bonchev–Trinajstić information content (AvgIpc) is 2.60. The zero-order valence-electron chi connectivity index (χ0n) is 14.1. The molecule has 0 aliphatic rings. The summed E-state index contributed by atoms with van der Waals surface area (Å²) in [6.07, 6.45) is 1.50. The van der Waals surface area contributed by atoms with Gasteiger partial charge in [-0.15, -0.1) is 0 Å². The van der Waals surface area contributed by atoms with Crippen molar-refractivity contribution < 1.29 is 17.9 Å². The summed E-state index contributed by atoms with van der Waals surface area (Å²) in [4.78, 5) is 11.9. The highest BCUT2D eigenvalue weighted by molar-refractivity contribution is 7.89. The van der Waals surface area contributed by atoms with E-state index in [-0.39, 0.29) is 17.4 Å². The molecule has 0 aliphatic heterocycles. The van der Waals surface area contributed by atoms with Crippen molar-refractivity contribution in [2.45, 2.75) is 24.7 Å². The number of sulfonamides is 1. The second kappa shape index (κ2) is 8.64. The van der Waals surface area contributed by atoms with Crippen LogP contribution in [0.15, 0.2) is 53.4 Å². The van der Waals surface area contributed by atoms with Gasteiger partial charge in [0.15, 0.2) is 6.61 Å². The van der Waals surface area contributed by atoms with Crippen LogP contribution in [0.1, 0.15) is 18.1 Å². The van der Waals surface area contributed by atoms with Gasteiger partial charge in [-0.05, 0) is 48.2 Å². The molecule has 0 spiro atoms. The molecule has 0 aliphatic carbocycles. The van der Waals surface area contributed by atoms with Gasteiger partial charge < -0.3 is 10.1 Å². The topological polar surface area (TPSA) is 98.5 Å². The van der Waals surface area contributed by atoms with Crippen molar-refractivity contribution in [1.82, 2.24) is 5.32 Å². The molecule has 0 unspecified atom stereocenters. The minimum Gasteiger partial charge on any atom is -0.484 e. The molecule has 0 heterocycles. The lowest BCUT2D eigenvalue weighted by atomic mass is 10.1. The van der Waals surface area contributed by atoms with Gasteiger partial charge >= 0.3 is 0 Å². The molecule has 1 amide bonds. The number of benzene rings is 2. The van der Waals surface area contributed by atoms with Crippen LogP contribution in [0, 0.1) is 0 Å². The molecule has 0 aromatic heterocycles. The number of hydrogen-bond donors (Lipinski definition) is 2. The molecule has 0 fully saturated rings. The number of nitrogens with one attached hydrogen (secondary N) is 1. The number of nitrogens with two attached hydrogens (primary N) is 1. The van der Waals surface area contributed by atoms with Crippen LogP contribution in [-0.2, 0) is 27.7 Å². The van der Waals surface area contributed by atoms with E-state index in [1.165, 1.54) is 12.1 Å². The lowest BCUT2D eigenvalue weighted by Gasteiger charge is -2.09. The third kappa shape index (κ3) is 6.21. The molecular weight excluding hydrogens is 340 g/mol. The van der Waals surface area contributed by atoms with Gasteiger partial charge in [0.05, 0.1) is 4.90 Å². The molecule has 0 atom stereocenters. The van der Waals surface area contributed by atoms with Crippen molar-refractivity contribution in [3.8, 4) is 5.75 Å². The van der Waals surface area contributed by atoms with Crippen LogP contribution >= 0.6 is 0 Å². The highest BCUT2D eigenvalue weighted by atomic mass is 32.2. The molecule has 2 aromatic rings. The third-order valence-electron chi connectivity index (χ3n) is 3.66. The molecule has 0 bridgehead atoms. The Morgan fingerprint density at radius 3 is 2.48 bits per heavy atom. The normalized spacial score (nSPS) is 11.1. The zero-order chi connectivity index (χ0) is 18.3. The fourth-order valence-corrected chi connectivity index (χ4v) is 2.76. The van der Waals surface area contributed by atoms with E-state index in [1.54, 1.807) is 12.1 Å². The monoisotopic (exact) mass is 362 g/mol. The van der Waals surface area contributed by atoms with Gasteiger partial charge in [-0.2, -0.15) is 0 Å². The molecule has 0 saturated carbocycles. The number of ether oxygens (including phenoxy) is 1. The Morgan fingerprint density at radius 2 is 1.84 bits per heavy atom. The maximum absolute atomic E-state index is 11.8. The predicted octanol–water partition coefficient (Wildman–Crippen LogP) is 1.63. The first-order valence-corrected chi connectivity index (χ1v) is 9.53. The summed E-state index contributed by atoms with van der Waals surface area (Å²) in [5.74, 6) is 0.469. The lowest BCUT2D eigenvalue weighted by molar-refractivity contribution is -0.123. The summed E-state index contributed by atoms with van der Waals surface area (Å²) in [7, 11) is -3.68. The molecule has 134 valence electrons. The first-order valence-electron chi connectivity index (χ1n) is 7.98. The quantitative estimate of drug-likeness (QED) is 0.746. The van der Waals surface area contributed by atoms with E-state index in [1.807, 2.05) is 24.3 Å². The van der Waals surface area contributed by atoms with Crippen molar-refractivity contribution in [3.05, 3.63) is 59.7 Å². The second-order valence-corrected chi connectivity index (χ2v) is 7.14. The molecule has 2 aromatic carbocycles. The van der Waals surface area contributed by atoms with E-state index < -0.39 is 10.0 Å². The molecule has 0 radical (unpaired) electrons. The largest absolute Gasteiger partial charge is 0.484 e. The van der Waals surface area contributed by atoms with Crippen molar-refractivity contribution in [2.75, 3.05) is 13.2 Å². The maximum atomic E-state index is 11.8. The molecular formula is C18H22N2O4S. The summed E-state index contributed by atoms with van der Waals surface area (Å²) in [6.45, 7) is 2.45. The Morgan fingerprint density at radius 1 is 1.12 bits per heavy atom. The van der Waals surface area contributed by atoms with Crippen LogP contribution < -0.4 is 15.2 Å². The van der Waals surface area contributed by atoms with Crippen LogP contribution in [0.5, 0.6) is 5.75 Å². The van der Waals surface area contributed by atoms with Crippen molar-refractivity contribution >= 4 is 15.9 Å². The molecule has 2 rings (SSSR count). The Kier molecular flexibility index (Phi) is 6.55. The summed E-state index contributed by atoms with van der Waals surface area (Å²) < 4.78 is 27.8. The van der Waals surface area contributed by atoms with Crippen LogP contribution in [0.3, 0.4) is 0 Å². The number of carbonyl (C=O) groups excluding carboxylic acids is 1. The van der Waals surface area contributed by atoms with Gasteiger partial charge in [-0.3, -0.25) is 4.79 Å². The molecule has 6 nitrogen and oxygen atoms in total. The Bertz CT molecular complexity index is 817. The third-order valence-corrected chi connectivity index (χ3v) is 4.59. The number of aryl methyl sites for hydroxylation is 1. The standard InChI is InChI=1S/C18H22N2O4S/c1-2-14-4-3-5-16(12-14)24-13-18(21)20-11-10-15-6-8-17(9-7-15)25(19,22)23/h3-9,12H,2,10-11,13H2,1H3,(H,20,21)(H2,19,22,23). The van der Waals surface area contributed by atoms with Crippen LogP contribution in [0.4, 0.5) is 0 Å². The SMILES string of the molecule is CCc1cccc(OCC(=O)NCCc2ccc(S(N)(=O)=O)cc2)c1. The number of primary sulfonamides is 1. The molecule has 7 heteroatoms. The summed E-state index contributed by atoms with van der Waals surface area (Å²) in [5.41, 5.74) is 2.06. The minimum absolute atomic E-state index is 0.0441. The predicted molar refractivity (Wildman–Crippen MR) is 95.8 cm³/mol. The van der Waals surface area contributed by atoms with Crippen molar-refractivity contribution in [3.63, 3.8) is 0 Å². The van der Waals surface area contributed by atoms with Gasteiger partial charge in [0, 0.05) is 6.54 Å². The lowest BCUT2D eigenvalue weighted by Crippen LogP contribution is -2.30. The van der Waals surface area contributed by atoms with E-state index in [0.717, 1.165) is 17.5 Å². The summed E-state index contributed by atoms with van der Waals surface area (Å²) >= 11 is 0. The van der Waals surface area contributed by atoms with E-state index in [2.05, 4.69) is 12.2 Å². The molecule has 25 heavy (non-hydrogen) atoms. The number of rotatable bonds is 8.